The molecule has 0 spiro atoms. The van der Waals surface area contributed by atoms with Gasteiger partial charge in [-0.25, -0.2) is 4.98 Å². The summed E-state index contributed by atoms with van der Waals surface area (Å²) >= 11 is 1.62. The third kappa shape index (κ3) is 3.46. The van der Waals surface area contributed by atoms with Crippen LogP contribution >= 0.6 is 11.3 Å². The zero-order valence-electron chi connectivity index (χ0n) is 11.5. The number of anilines is 1. The van der Waals surface area contributed by atoms with Crippen LogP contribution in [0.5, 0.6) is 0 Å². The standard InChI is InChI=1S/C14H22N2O2S/c1-16(6-7-18-9-10-2-3-10)14-15-13(11-4-5-11)12(8-17)19-14/h10-11,17H,2-9H2,1H3. The molecule has 1 aromatic rings. The largest absolute Gasteiger partial charge is 0.391 e. The lowest BCUT2D eigenvalue weighted by Gasteiger charge is -2.15. The van der Waals surface area contributed by atoms with Crippen molar-refractivity contribution >= 4 is 16.5 Å². The summed E-state index contributed by atoms with van der Waals surface area (Å²) in [5.74, 6) is 1.43. The minimum atomic E-state index is 0.121. The molecule has 106 valence electrons. The summed E-state index contributed by atoms with van der Waals surface area (Å²) in [6.45, 7) is 2.67. The van der Waals surface area contributed by atoms with Crippen molar-refractivity contribution in [2.75, 3.05) is 31.7 Å². The minimum absolute atomic E-state index is 0.121. The van der Waals surface area contributed by atoms with E-state index < -0.39 is 0 Å². The van der Waals surface area contributed by atoms with E-state index in [4.69, 9.17) is 9.72 Å². The lowest BCUT2D eigenvalue weighted by atomic mass is 10.2. The van der Waals surface area contributed by atoms with Gasteiger partial charge in [0.1, 0.15) is 0 Å². The van der Waals surface area contributed by atoms with E-state index in [9.17, 15) is 5.11 Å². The Balaban J connectivity index is 1.51. The van der Waals surface area contributed by atoms with E-state index in [0.29, 0.717) is 5.92 Å². The lowest BCUT2D eigenvalue weighted by Crippen LogP contribution is -2.22. The molecule has 0 aromatic carbocycles. The predicted octanol–water partition coefficient (Wildman–Crippen LogP) is 2.38. The molecular formula is C14H22N2O2S. The van der Waals surface area contributed by atoms with Crippen molar-refractivity contribution < 1.29 is 9.84 Å². The SMILES string of the molecule is CN(CCOCC1CC1)c1nc(C2CC2)c(CO)s1. The van der Waals surface area contributed by atoms with Gasteiger partial charge in [-0.1, -0.05) is 11.3 Å². The average molecular weight is 282 g/mol. The third-order valence-corrected chi connectivity index (χ3v) is 4.94. The molecule has 5 heteroatoms. The molecule has 2 fully saturated rings. The highest BCUT2D eigenvalue weighted by Gasteiger charge is 2.30. The quantitative estimate of drug-likeness (QED) is 0.744. The van der Waals surface area contributed by atoms with E-state index in [2.05, 4.69) is 11.9 Å². The van der Waals surface area contributed by atoms with Crippen molar-refractivity contribution in [3.63, 3.8) is 0 Å². The fourth-order valence-electron chi connectivity index (χ4n) is 2.13. The Labute approximate surface area is 118 Å². The van der Waals surface area contributed by atoms with E-state index in [0.717, 1.165) is 41.4 Å². The number of ether oxygens (including phenoxy) is 1. The number of aliphatic hydroxyl groups is 1. The normalized spacial score (nSPS) is 18.8. The molecule has 1 N–H and O–H groups in total. The maximum atomic E-state index is 9.40. The first kappa shape index (κ1) is 13.3. The number of rotatable bonds is 8. The van der Waals surface area contributed by atoms with Crippen LogP contribution in [0.25, 0.3) is 0 Å². The van der Waals surface area contributed by atoms with Crippen LogP contribution < -0.4 is 4.90 Å². The molecule has 2 saturated carbocycles. The fraction of sp³-hybridized carbons (Fsp3) is 0.786. The topological polar surface area (TPSA) is 45.6 Å². The average Bonchev–Trinajstić information content (AvgIpc) is 3.33. The Morgan fingerprint density at radius 1 is 1.37 bits per heavy atom. The smallest absolute Gasteiger partial charge is 0.185 e. The predicted molar refractivity (Wildman–Crippen MR) is 76.8 cm³/mol. The number of thiazole rings is 1. The van der Waals surface area contributed by atoms with Crippen LogP contribution in [0, 0.1) is 5.92 Å². The molecule has 0 bridgehead atoms. The van der Waals surface area contributed by atoms with Crippen LogP contribution in [0.3, 0.4) is 0 Å². The molecule has 0 amide bonds. The van der Waals surface area contributed by atoms with Crippen LogP contribution in [0.15, 0.2) is 0 Å². The maximum absolute atomic E-state index is 9.40. The Kier molecular flexibility index (Phi) is 4.05. The molecule has 0 saturated heterocycles. The second kappa shape index (κ2) is 5.77. The second-order valence-electron chi connectivity index (χ2n) is 5.68. The lowest BCUT2D eigenvalue weighted by molar-refractivity contribution is 0.131. The molecule has 19 heavy (non-hydrogen) atoms. The van der Waals surface area contributed by atoms with E-state index in [1.165, 1.54) is 25.7 Å². The van der Waals surface area contributed by atoms with Gasteiger partial charge in [0.2, 0.25) is 0 Å². The first-order valence-corrected chi connectivity index (χ1v) is 7.99. The highest BCUT2D eigenvalue weighted by Crippen LogP contribution is 2.44. The Morgan fingerprint density at radius 2 is 2.16 bits per heavy atom. The van der Waals surface area contributed by atoms with Gasteiger partial charge in [0.05, 0.1) is 23.8 Å². The van der Waals surface area contributed by atoms with E-state index in [-0.39, 0.29) is 6.61 Å². The molecule has 0 radical (unpaired) electrons. The van der Waals surface area contributed by atoms with Gasteiger partial charge >= 0.3 is 0 Å². The summed E-state index contributed by atoms with van der Waals surface area (Å²) in [4.78, 5) is 7.88. The van der Waals surface area contributed by atoms with E-state index in [1.54, 1.807) is 11.3 Å². The number of hydrogen-bond acceptors (Lipinski definition) is 5. The van der Waals surface area contributed by atoms with Crippen molar-refractivity contribution in [1.29, 1.82) is 0 Å². The summed E-state index contributed by atoms with van der Waals surface area (Å²) in [5.41, 5.74) is 1.13. The molecule has 2 aliphatic rings. The van der Waals surface area contributed by atoms with Gasteiger partial charge in [0, 0.05) is 26.1 Å². The van der Waals surface area contributed by atoms with Crippen molar-refractivity contribution in [2.24, 2.45) is 5.92 Å². The minimum Gasteiger partial charge on any atom is -0.391 e. The summed E-state index contributed by atoms with van der Waals surface area (Å²) in [6.07, 6.45) is 5.13. The van der Waals surface area contributed by atoms with Crippen LogP contribution in [-0.4, -0.2) is 36.9 Å². The van der Waals surface area contributed by atoms with Gasteiger partial charge in [-0.3, -0.25) is 0 Å². The molecule has 2 aliphatic carbocycles. The second-order valence-corrected chi connectivity index (χ2v) is 6.74. The molecule has 4 nitrogen and oxygen atoms in total. The highest BCUT2D eigenvalue weighted by atomic mass is 32.1. The maximum Gasteiger partial charge on any atom is 0.185 e. The van der Waals surface area contributed by atoms with Crippen LogP contribution in [0.1, 0.15) is 42.2 Å². The molecule has 0 unspecified atom stereocenters. The molecule has 1 heterocycles. The van der Waals surface area contributed by atoms with Crippen molar-refractivity contribution in [1.82, 2.24) is 4.98 Å². The van der Waals surface area contributed by atoms with Crippen molar-refractivity contribution in [3.05, 3.63) is 10.6 Å². The summed E-state index contributed by atoms with van der Waals surface area (Å²) in [6, 6.07) is 0. The van der Waals surface area contributed by atoms with Crippen molar-refractivity contribution in [2.45, 2.75) is 38.2 Å². The summed E-state index contributed by atoms with van der Waals surface area (Å²) in [5, 5.41) is 10.4. The first-order valence-electron chi connectivity index (χ1n) is 7.17. The van der Waals surface area contributed by atoms with Crippen LogP contribution in [0.2, 0.25) is 0 Å². The van der Waals surface area contributed by atoms with Crippen LogP contribution in [0.4, 0.5) is 5.13 Å². The number of aromatic nitrogens is 1. The zero-order chi connectivity index (χ0) is 13.2. The number of nitrogens with zero attached hydrogens (tertiary/aromatic N) is 2. The monoisotopic (exact) mass is 282 g/mol. The van der Waals surface area contributed by atoms with Gasteiger partial charge in [0.25, 0.3) is 0 Å². The molecule has 0 atom stereocenters. The molecule has 1 aromatic heterocycles. The van der Waals surface area contributed by atoms with Crippen LogP contribution in [-0.2, 0) is 11.3 Å². The van der Waals surface area contributed by atoms with Gasteiger partial charge in [-0.2, -0.15) is 0 Å². The molecule has 3 rings (SSSR count). The van der Waals surface area contributed by atoms with Gasteiger partial charge < -0.3 is 14.7 Å². The number of aliphatic hydroxyl groups excluding tert-OH is 1. The first-order chi connectivity index (χ1) is 9.28. The van der Waals surface area contributed by atoms with Gasteiger partial charge in [0.15, 0.2) is 5.13 Å². The summed E-state index contributed by atoms with van der Waals surface area (Å²) < 4.78 is 5.66. The highest BCUT2D eigenvalue weighted by molar-refractivity contribution is 7.15. The molecule has 0 aliphatic heterocycles. The Bertz CT molecular complexity index is 427. The fourth-order valence-corrected chi connectivity index (χ4v) is 3.13. The van der Waals surface area contributed by atoms with E-state index >= 15 is 0 Å². The van der Waals surface area contributed by atoms with Gasteiger partial charge in [-0.05, 0) is 31.6 Å². The summed E-state index contributed by atoms with van der Waals surface area (Å²) in [7, 11) is 2.05. The van der Waals surface area contributed by atoms with Gasteiger partial charge in [-0.15, -0.1) is 0 Å². The molecular weight excluding hydrogens is 260 g/mol. The number of hydrogen-bond donors (Lipinski definition) is 1. The number of likely N-dealkylation sites (N-methyl/N-ethyl adjacent to an activating group) is 1. The zero-order valence-corrected chi connectivity index (χ0v) is 12.3. The Hall–Kier alpha value is -0.650. The Morgan fingerprint density at radius 3 is 2.79 bits per heavy atom. The van der Waals surface area contributed by atoms with E-state index in [1.807, 2.05) is 0 Å². The third-order valence-electron chi connectivity index (χ3n) is 3.77. The van der Waals surface area contributed by atoms with Crippen molar-refractivity contribution in [3.8, 4) is 0 Å².